The number of rotatable bonds is 16. The molecule has 3 aromatic heterocycles. The van der Waals surface area contributed by atoms with E-state index in [9.17, 15) is 0 Å². The van der Waals surface area contributed by atoms with Crippen molar-refractivity contribution in [3.05, 3.63) is 29.3 Å². The quantitative estimate of drug-likeness (QED) is 0.135. The smallest absolute Gasteiger partial charge is 0.175 e. The second-order valence-electron chi connectivity index (χ2n) is 11.8. The molecule has 0 atom stereocenters. The van der Waals surface area contributed by atoms with E-state index in [0.29, 0.717) is 39.6 Å². The Morgan fingerprint density at radius 1 is 0.521 bits per heavy atom. The first kappa shape index (κ1) is 42.0. The summed E-state index contributed by atoms with van der Waals surface area (Å²) in [4.78, 5) is 7.17. The van der Waals surface area contributed by atoms with E-state index in [2.05, 4.69) is 55.4 Å². The molecule has 4 rings (SSSR count). The van der Waals surface area contributed by atoms with Crippen LogP contribution in [0.15, 0.2) is 0 Å². The maximum Gasteiger partial charge on any atom is 0.175 e. The predicted octanol–water partition coefficient (Wildman–Crippen LogP) is 10.3. The molecule has 0 bridgehead atoms. The number of fused-ring (bicyclic) bond motifs is 1. The highest BCUT2D eigenvalue weighted by Gasteiger charge is 2.37. The van der Waals surface area contributed by atoms with Crippen molar-refractivity contribution in [2.75, 3.05) is 67.1 Å². The minimum absolute atomic E-state index is 0.237. The lowest BCUT2D eigenvalue weighted by atomic mass is 9.92. The zero-order valence-electron chi connectivity index (χ0n) is 31.5. The molecule has 11 heteroatoms. The third kappa shape index (κ3) is 12.0. The van der Waals surface area contributed by atoms with E-state index in [0.717, 1.165) is 83.1 Å². The second kappa shape index (κ2) is 21.8. The van der Waals surface area contributed by atoms with E-state index < -0.39 is 0 Å². The summed E-state index contributed by atoms with van der Waals surface area (Å²) in [5.41, 5.74) is -0.237. The summed E-state index contributed by atoms with van der Waals surface area (Å²) in [7, 11) is 3.38. The van der Waals surface area contributed by atoms with E-state index in [1.165, 1.54) is 19.5 Å². The summed E-state index contributed by atoms with van der Waals surface area (Å²) >= 11 is 5.20. The molecule has 0 aliphatic carbocycles. The molecule has 0 spiro atoms. The Bertz CT molecular complexity index is 1250. The van der Waals surface area contributed by atoms with Crippen LogP contribution in [0.5, 0.6) is 34.5 Å². The molecule has 274 valence electrons. The summed E-state index contributed by atoms with van der Waals surface area (Å²) in [6, 6.07) is 0. The van der Waals surface area contributed by atoms with Gasteiger partial charge >= 0.3 is 0 Å². The maximum atomic E-state index is 5.95. The van der Waals surface area contributed by atoms with E-state index >= 15 is 0 Å². The Balaban J connectivity index is 0.000000254. The number of aryl methyl sites for hydroxylation is 6. The van der Waals surface area contributed by atoms with Gasteiger partial charge in [-0.25, -0.2) is 0 Å². The molecule has 0 saturated heterocycles. The van der Waals surface area contributed by atoms with Gasteiger partial charge < -0.3 is 37.9 Å². The monoisotopic (exact) mass is 728 g/mol. The first-order chi connectivity index (χ1) is 23.0. The van der Waals surface area contributed by atoms with Crippen LogP contribution < -0.4 is 28.4 Å². The van der Waals surface area contributed by atoms with Crippen molar-refractivity contribution in [2.45, 2.75) is 94.9 Å². The molecule has 0 radical (unpaired) electrons. The highest BCUT2D eigenvalue weighted by molar-refractivity contribution is 7.13. The SMILES string of the molecule is CCCCOc1c(C)sc(C)c1OCCCC.CCOc1c(C)sc(C)c1OCC.COCC1(COC)COc2c(C)sc(C)c2OC1. The Kier molecular flexibility index (Phi) is 19.1. The van der Waals surface area contributed by atoms with Gasteiger partial charge in [-0.2, -0.15) is 0 Å². The molecule has 0 unspecified atom stereocenters. The van der Waals surface area contributed by atoms with Gasteiger partial charge in [-0.05, 0) is 68.2 Å². The van der Waals surface area contributed by atoms with Crippen LogP contribution in [-0.2, 0) is 9.47 Å². The zero-order valence-corrected chi connectivity index (χ0v) is 33.9. The Labute approximate surface area is 302 Å². The Morgan fingerprint density at radius 2 is 0.854 bits per heavy atom. The van der Waals surface area contributed by atoms with Crippen molar-refractivity contribution in [1.29, 1.82) is 0 Å². The van der Waals surface area contributed by atoms with Crippen LogP contribution in [0.4, 0.5) is 0 Å². The highest BCUT2D eigenvalue weighted by atomic mass is 32.1. The molecular weight excluding hydrogens is 669 g/mol. The van der Waals surface area contributed by atoms with Crippen molar-refractivity contribution in [2.24, 2.45) is 5.41 Å². The Morgan fingerprint density at radius 3 is 1.17 bits per heavy atom. The van der Waals surface area contributed by atoms with Crippen molar-refractivity contribution in [1.82, 2.24) is 0 Å². The zero-order chi connectivity index (χ0) is 35.7. The lowest BCUT2D eigenvalue weighted by molar-refractivity contribution is -0.0361. The topological polar surface area (TPSA) is 73.8 Å². The number of ether oxygens (including phenoxy) is 8. The molecular formula is C37H60O8S3. The fourth-order valence-electron chi connectivity index (χ4n) is 5.17. The van der Waals surface area contributed by atoms with Gasteiger partial charge in [-0.3, -0.25) is 0 Å². The van der Waals surface area contributed by atoms with E-state index in [4.69, 9.17) is 37.9 Å². The lowest BCUT2D eigenvalue weighted by Crippen LogP contribution is -2.42. The lowest BCUT2D eigenvalue weighted by Gasteiger charge is -2.29. The second-order valence-corrected chi connectivity index (χ2v) is 16.1. The number of methoxy groups -OCH3 is 2. The van der Waals surface area contributed by atoms with Gasteiger partial charge in [-0.1, -0.05) is 26.7 Å². The normalized spacial score (nSPS) is 13.1. The molecule has 4 heterocycles. The summed E-state index contributed by atoms with van der Waals surface area (Å²) in [6.07, 6.45) is 4.52. The largest absolute Gasteiger partial charge is 0.489 e. The Hall–Kier alpha value is -2.18. The number of hydrogen-bond donors (Lipinski definition) is 0. The minimum atomic E-state index is -0.237. The number of hydrogen-bond acceptors (Lipinski definition) is 11. The van der Waals surface area contributed by atoms with Crippen LogP contribution in [0.2, 0.25) is 0 Å². The number of thiophene rings is 3. The van der Waals surface area contributed by atoms with Gasteiger partial charge in [0, 0.05) is 43.5 Å². The van der Waals surface area contributed by atoms with Crippen LogP contribution in [0.1, 0.15) is 82.6 Å². The molecule has 0 N–H and O–H groups in total. The average molecular weight is 729 g/mol. The van der Waals surface area contributed by atoms with Gasteiger partial charge in [0.15, 0.2) is 34.5 Å². The molecule has 48 heavy (non-hydrogen) atoms. The third-order valence-electron chi connectivity index (χ3n) is 7.47. The van der Waals surface area contributed by atoms with Crippen LogP contribution in [-0.4, -0.2) is 67.1 Å². The van der Waals surface area contributed by atoms with Gasteiger partial charge in [0.2, 0.25) is 0 Å². The molecule has 1 aliphatic heterocycles. The number of unbranched alkanes of at least 4 members (excludes halogenated alkanes) is 2. The maximum absolute atomic E-state index is 5.95. The van der Waals surface area contributed by atoms with Gasteiger partial charge in [0.05, 0.1) is 45.1 Å². The fraction of sp³-hybridized carbons (Fsp3) is 0.676. The van der Waals surface area contributed by atoms with Gasteiger partial charge in [0.25, 0.3) is 0 Å². The molecule has 1 aliphatic rings. The molecule has 0 amide bonds. The summed E-state index contributed by atoms with van der Waals surface area (Å²) < 4.78 is 45.2. The van der Waals surface area contributed by atoms with Crippen molar-refractivity contribution in [3.8, 4) is 34.5 Å². The van der Waals surface area contributed by atoms with Crippen LogP contribution in [0, 0.1) is 47.0 Å². The molecule has 0 saturated carbocycles. The summed E-state index contributed by atoms with van der Waals surface area (Å²) in [5, 5.41) is 0. The van der Waals surface area contributed by atoms with Crippen LogP contribution >= 0.6 is 34.0 Å². The fourth-order valence-corrected chi connectivity index (χ4v) is 8.01. The molecule has 0 fully saturated rings. The summed E-state index contributed by atoms with van der Waals surface area (Å²) in [5.74, 6) is 5.55. The average Bonchev–Trinajstić information content (AvgIpc) is 3.51. The van der Waals surface area contributed by atoms with Gasteiger partial charge in [-0.15, -0.1) is 34.0 Å². The standard InChI is InChI=1S/C14H24O2S.C13H20O4S.C10H16O2S/c1-5-7-9-15-13-11(3)17-12(4)14(13)16-10-8-6-2;1-9-11-12(10(2)18-9)17-8-13(5-14-3,6-15-4)7-16-11;1-5-11-9-7(3)13-8(4)10(9)12-6-2/h5-10H2,1-4H3;5-8H2,1-4H3;5-6H2,1-4H3. The predicted molar refractivity (Wildman–Crippen MR) is 202 cm³/mol. The molecule has 3 aromatic rings. The van der Waals surface area contributed by atoms with Crippen molar-refractivity contribution < 1.29 is 37.9 Å². The van der Waals surface area contributed by atoms with E-state index in [-0.39, 0.29) is 5.41 Å². The van der Waals surface area contributed by atoms with Crippen LogP contribution in [0.3, 0.4) is 0 Å². The first-order valence-electron chi connectivity index (χ1n) is 17.1. The van der Waals surface area contributed by atoms with Crippen molar-refractivity contribution in [3.63, 3.8) is 0 Å². The van der Waals surface area contributed by atoms with E-state index in [1.54, 1.807) is 48.2 Å². The molecule has 8 nitrogen and oxygen atoms in total. The minimum Gasteiger partial charge on any atom is -0.489 e. The van der Waals surface area contributed by atoms with Crippen molar-refractivity contribution >= 4 is 34.0 Å². The van der Waals surface area contributed by atoms with E-state index in [1.807, 2.05) is 13.8 Å². The third-order valence-corrected chi connectivity index (χ3v) is 10.4. The first-order valence-corrected chi connectivity index (χ1v) is 19.5. The highest BCUT2D eigenvalue weighted by Crippen LogP contribution is 2.45. The van der Waals surface area contributed by atoms with Gasteiger partial charge in [0.1, 0.15) is 13.2 Å². The molecule has 0 aromatic carbocycles. The van der Waals surface area contributed by atoms with Crippen LogP contribution in [0.25, 0.3) is 0 Å². The summed E-state index contributed by atoms with van der Waals surface area (Å²) in [6.45, 7) is 26.0.